The molecule has 0 radical (unpaired) electrons. The number of carbonyl (C=O) groups excluding carboxylic acids is 3. The van der Waals surface area contributed by atoms with Crippen molar-refractivity contribution in [1.82, 2.24) is 15.5 Å². The summed E-state index contributed by atoms with van der Waals surface area (Å²) in [5.74, 6) is -1.42. The summed E-state index contributed by atoms with van der Waals surface area (Å²) < 4.78 is -0.617. The van der Waals surface area contributed by atoms with Gasteiger partial charge in [0.05, 0.1) is 29.2 Å². The molecule has 2 unspecified atom stereocenters. The first kappa shape index (κ1) is 26.0. The smallest absolute Gasteiger partial charge is 0.244 e. The Balaban J connectivity index is 1.60. The summed E-state index contributed by atoms with van der Waals surface area (Å²) in [6.07, 6.45) is 4.55. The highest BCUT2D eigenvalue weighted by Gasteiger charge is 2.74. The quantitative estimate of drug-likeness (QED) is 0.405. The lowest BCUT2D eigenvalue weighted by molar-refractivity contribution is -0.143. The molecule has 1 aromatic carbocycles. The fourth-order valence-electron chi connectivity index (χ4n) is 6.25. The normalized spacial score (nSPS) is 30.0. The second-order valence-corrected chi connectivity index (χ2v) is 12.1. The Morgan fingerprint density at radius 2 is 1.91 bits per heavy atom. The zero-order valence-electron chi connectivity index (χ0n) is 21.0. The number of aliphatic hydroxyl groups is 1. The van der Waals surface area contributed by atoms with Gasteiger partial charge in [-0.1, -0.05) is 63.9 Å². The SMILES string of the molecule is CCCCCNC(=O)C1N([C@@H](CO)C(C)C)C(=O)[C@@H]2[C@@H](C(=O)NCc3ccccc3)[C@H]3CCC12S3. The first-order valence-electron chi connectivity index (χ1n) is 13.1. The molecule has 3 heterocycles. The second-order valence-electron chi connectivity index (χ2n) is 10.5. The van der Waals surface area contributed by atoms with Crippen molar-refractivity contribution in [1.29, 1.82) is 0 Å². The molecule has 6 atom stereocenters. The zero-order chi connectivity index (χ0) is 25.2. The van der Waals surface area contributed by atoms with E-state index in [-0.39, 0.29) is 35.5 Å². The Morgan fingerprint density at radius 1 is 1.17 bits per heavy atom. The van der Waals surface area contributed by atoms with Crippen LogP contribution in [0, 0.1) is 17.8 Å². The summed E-state index contributed by atoms with van der Waals surface area (Å²) in [5.41, 5.74) is 1.01. The summed E-state index contributed by atoms with van der Waals surface area (Å²) in [5, 5.41) is 16.4. The number of nitrogens with one attached hydrogen (secondary N) is 2. The van der Waals surface area contributed by atoms with Crippen LogP contribution in [0.1, 0.15) is 58.4 Å². The van der Waals surface area contributed by atoms with Crippen molar-refractivity contribution in [2.45, 2.75) is 81.5 Å². The largest absolute Gasteiger partial charge is 0.394 e. The number of amides is 3. The fourth-order valence-corrected chi connectivity index (χ4v) is 8.46. The fraction of sp³-hybridized carbons (Fsp3) is 0.667. The third-order valence-corrected chi connectivity index (χ3v) is 9.94. The first-order valence-corrected chi connectivity index (χ1v) is 13.9. The first-order chi connectivity index (χ1) is 16.9. The van der Waals surface area contributed by atoms with E-state index in [2.05, 4.69) is 17.6 Å². The van der Waals surface area contributed by atoms with Crippen molar-refractivity contribution in [3.63, 3.8) is 0 Å². The highest BCUT2D eigenvalue weighted by molar-refractivity contribution is 8.02. The Morgan fingerprint density at radius 3 is 2.57 bits per heavy atom. The molecule has 2 bridgehead atoms. The van der Waals surface area contributed by atoms with Crippen molar-refractivity contribution >= 4 is 29.5 Å². The highest BCUT2D eigenvalue weighted by atomic mass is 32.2. The van der Waals surface area contributed by atoms with Gasteiger partial charge in [-0.25, -0.2) is 0 Å². The van der Waals surface area contributed by atoms with Crippen molar-refractivity contribution < 1.29 is 19.5 Å². The maximum atomic E-state index is 14.0. The van der Waals surface area contributed by atoms with Gasteiger partial charge in [0.25, 0.3) is 0 Å². The van der Waals surface area contributed by atoms with E-state index in [1.54, 1.807) is 16.7 Å². The van der Waals surface area contributed by atoms with Crippen molar-refractivity contribution in [3.05, 3.63) is 35.9 Å². The molecular weight excluding hydrogens is 462 g/mol. The monoisotopic (exact) mass is 501 g/mol. The molecule has 0 aromatic heterocycles. The van der Waals surface area contributed by atoms with E-state index in [1.165, 1.54) is 0 Å². The molecule has 1 aromatic rings. The Labute approximate surface area is 212 Å². The number of hydrogen-bond donors (Lipinski definition) is 3. The van der Waals surface area contributed by atoms with Gasteiger partial charge >= 0.3 is 0 Å². The number of thioether (sulfide) groups is 1. The Hall–Kier alpha value is -2.06. The summed E-state index contributed by atoms with van der Waals surface area (Å²) >= 11 is 1.67. The van der Waals surface area contributed by atoms with E-state index in [0.29, 0.717) is 13.1 Å². The van der Waals surface area contributed by atoms with Crippen molar-refractivity contribution in [3.8, 4) is 0 Å². The lowest BCUT2D eigenvalue weighted by atomic mass is 9.70. The number of benzene rings is 1. The Bertz CT molecular complexity index is 926. The number of fused-ring (bicyclic) bond motifs is 1. The van der Waals surface area contributed by atoms with Gasteiger partial charge in [0.1, 0.15) is 6.04 Å². The van der Waals surface area contributed by atoms with Gasteiger partial charge in [0.2, 0.25) is 17.7 Å². The lowest BCUT2D eigenvalue weighted by Gasteiger charge is -2.38. The van der Waals surface area contributed by atoms with E-state index in [4.69, 9.17) is 0 Å². The number of unbranched alkanes of at least 4 members (excludes halogenated alkanes) is 2. The minimum atomic E-state index is -0.664. The molecule has 4 rings (SSSR count). The average Bonchev–Trinajstić information content (AvgIpc) is 3.49. The van der Waals surface area contributed by atoms with E-state index >= 15 is 0 Å². The number of hydrogen-bond acceptors (Lipinski definition) is 5. The molecule has 3 saturated heterocycles. The van der Waals surface area contributed by atoms with E-state index in [9.17, 15) is 19.5 Å². The highest BCUT2D eigenvalue weighted by Crippen LogP contribution is 2.66. The number of likely N-dealkylation sites (tertiary alicyclic amines) is 1. The Kier molecular flexibility index (Phi) is 8.11. The van der Waals surface area contributed by atoms with E-state index in [0.717, 1.165) is 37.7 Å². The molecule has 35 heavy (non-hydrogen) atoms. The molecule has 3 fully saturated rings. The van der Waals surface area contributed by atoms with E-state index < -0.39 is 28.7 Å². The summed E-state index contributed by atoms with van der Waals surface area (Å²) in [6.45, 7) is 6.83. The van der Waals surface area contributed by atoms with Crippen LogP contribution in [0.3, 0.4) is 0 Å². The predicted octanol–water partition coefficient (Wildman–Crippen LogP) is 2.72. The van der Waals surface area contributed by atoms with Crippen molar-refractivity contribution in [2.75, 3.05) is 13.2 Å². The molecule has 8 heteroatoms. The van der Waals surface area contributed by atoms with Crippen LogP contribution in [-0.2, 0) is 20.9 Å². The summed E-state index contributed by atoms with van der Waals surface area (Å²) in [7, 11) is 0. The number of rotatable bonds is 11. The van der Waals surface area contributed by atoms with Crippen LogP contribution in [0.15, 0.2) is 30.3 Å². The number of aliphatic hydroxyl groups excluding tert-OH is 1. The summed E-state index contributed by atoms with van der Waals surface area (Å²) in [4.78, 5) is 42.7. The molecule has 3 aliphatic heterocycles. The third kappa shape index (κ3) is 4.71. The molecule has 0 aliphatic carbocycles. The van der Waals surface area contributed by atoms with Gasteiger partial charge in [0, 0.05) is 18.3 Å². The third-order valence-electron chi connectivity index (χ3n) is 7.99. The maximum Gasteiger partial charge on any atom is 0.244 e. The van der Waals surface area contributed by atoms with Crippen LogP contribution >= 0.6 is 11.8 Å². The number of carbonyl (C=O) groups is 3. The van der Waals surface area contributed by atoms with E-state index in [1.807, 2.05) is 44.2 Å². The van der Waals surface area contributed by atoms with Crippen LogP contribution in [0.2, 0.25) is 0 Å². The van der Waals surface area contributed by atoms with Gasteiger partial charge < -0.3 is 20.6 Å². The summed E-state index contributed by atoms with van der Waals surface area (Å²) in [6, 6.07) is 8.62. The van der Waals surface area contributed by atoms with Crippen LogP contribution in [0.25, 0.3) is 0 Å². The molecule has 0 saturated carbocycles. The minimum absolute atomic E-state index is 0.0119. The molecule has 7 nitrogen and oxygen atoms in total. The van der Waals surface area contributed by atoms with Gasteiger partial charge in [-0.15, -0.1) is 11.8 Å². The molecular formula is C27H39N3O4S. The minimum Gasteiger partial charge on any atom is -0.394 e. The topological polar surface area (TPSA) is 98.7 Å². The molecule has 3 amide bonds. The maximum absolute atomic E-state index is 14.0. The van der Waals surface area contributed by atoms with Gasteiger partial charge in [-0.2, -0.15) is 0 Å². The average molecular weight is 502 g/mol. The molecule has 3 N–H and O–H groups in total. The van der Waals surface area contributed by atoms with Crippen LogP contribution in [-0.4, -0.2) is 63.0 Å². The molecule has 3 aliphatic rings. The van der Waals surface area contributed by atoms with Crippen LogP contribution in [0.4, 0.5) is 0 Å². The molecule has 1 spiro atoms. The number of nitrogens with zero attached hydrogens (tertiary/aromatic N) is 1. The predicted molar refractivity (Wildman–Crippen MR) is 137 cm³/mol. The van der Waals surface area contributed by atoms with Gasteiger partial charge in [0.15, 0.2) is 0 Å². The zero-order valence-corrected chi connectivity index (χ0v) is 21.9. The second kappa shape index (κ2) is 10.9. The van der Waals surface area contributed by atoms with Crippen molar-refractivity contribution in [2.24, 2.45) is 17.8 Å². The van der Waals surface area contributed by atoms with Crippen LogP contribution in [0.5, 0.6) is 0 Å². The van der Waals surface area contributed by atoms with Gasteiger partial charge in [-0.3, -0.25) is 14.4 Å². The molecule has 192 valence electrons. The lowest BCUT2D eigenvalue weighted by Crippen LogP contribution is -2.57. The van der Waals surface area contributed by atoms with Gasteiger partial charge in [-0.05, 0) is 30.7 Å². The van der Waals surface area contributed by atoms with Crippen LogP contribution < -0.4 is 10.6 Å². The standard InChI is InChI=1S/C27H39N3O4S/c1-4-5-9-14-28-25(33)23-27-13-12-20(35-27)21(24(32)29-15-18-10-7-6-8-11-18)22(27)26(34)30(23)19(16-31)17(2)3/h6-8,10-11,17,19-23,31H,4-5,9,12-16H2,1-3H3,(H,28,33)(H,29,32)/t19-,20+,21-,22-,23?,27?/m0/s1.